The fourth-order valence-corrected chi connectivity index (χ4v) is 1.35. The monoisotopic (exact) mass is 211 g/mol. The Morgan fingerprint density at radius 1 is 1.43 bits per heavy atom. The molecule has 3 N–H and O–H groups in total. The first-order valence-electron chi connectivity index (χ1n) is 4.46. The molecular formula is C8H16F3N3. The van der Waals surface area contributed by atoms with E-state index in [1.54, 1.807) is 13.8 Å². The normalized spacial score (nSPS) is 14.4. The van der Waals surface area contributed by atoms with Gasteiger partial charge in [0.2, 0.25) is 0 Å². The average Bonchev–Trinajstić information content (AvgIpc) is 2.00. The van der Waals surface area contributed by atoms with Crippen LogP contribution in [-0.4, -0.2) is 36.0 Å². The van der Waals surface area contributed by atoms with Crippen LogP contribution in [0.3, 0.4) is 0 Å². The number of alkyl halides is 3. The van der Waals surface area contributed by atoms with Gasteiger partial charge in [0.1, 0.15) is 5.84 Å². The molecule has 3 nitrogen and oxygen atoms in total. The standard InChI is InChI=1S/C8H16F3N3/c1-3-6(7(12)13)14(4-2)5-8(9,10)11/h6H,3-5H2,1-2H3,(H3,12,13). The minimum absolute atomic E-state index is 0.210. The van der Waals surface area contributed by atoms with Crippen LogP contribution in [0.2, 0.25) is 0 Å². The lowest BCUT2D eigenvalue weighted by Crippen LogP contribution is -2.47. The minimum atomic E-state index is -4.24. The SMILES string of the molecule is CCC(C(=N)N)N(CC)CC(F)(F)F. The van der Waals surface area contributed by atoms with Crippen LogP contribution in [0.4, 0.5) is 13.2 Å². The fourth-order valence-electron chi connectivity index (χ4n) is 1.35. The molecule has 0 aromatic heterocycles. The molecule has 0 rings (SSSR count). The maximum absolute atomic E-state index is 12.1. The highest BCUT2D eigenvalue weighted by atomic mass is 19.4. The van der Waals surface area contributed by atoms with Crippen LogP contribution in [0.1, 0.15) is 20.3 Å². The largest absolute Gasteiger partial charge is 0.401 e. The Labute approximate surface area is 81.6 Å². The molecule has 0 aromatic rings. The predicted octanol–water partition coefficient (Wildman–Crippen LogP) is 1.59. The summed E-state index contributed by atoms with van der Waals surface area (Å²) in [5.41, 5.74) is 5.22. The van der Waals surface area contributed by atoms with Gasteiger partial charge in [-0.25, -0.2) is 0 Å². The number of rotatable bonds is 5. The lowest BCUT2D eigenvalue weighted by molar-refractivity contribution is -0.147. The van der Waals surface area contributed by atoms with Gasteiger partial charge in [0, 0.05) is 0 Å². The minimum Gasteiger partial charge on any atom is -0.386 e. The highest BCUT2D eigenvalue weighted by Crippen LogP contribution is 2.18. The molecule has 0 aliphatic heterocycles. The van der Waals surface area contributed by atoms with Crippen LogP contribution < -0.4 is 5.73 Å². The van der Waals surface area contributed by atoms with Gasteiger partial charge in [0.15, 0.2) is 0 Å². The number of hydrogen-bond acceptors (Lipinski definition) is 2. The Hall–Kier alpha value is -0.780. The molecule has 0 aromatic carbocycles. The van der Waals surface area contributed by atoms with E-state index in [9.17, 15) is 13.2 Å². The van der Waals surface area contributed by atoms with Crippen LogP contribution in [0, 0.1) is 5.41 Å². The van der Waals surface area contributed by atoms with Crippen molar-refractivity contribution in [2.75, 3.05) is 13.1 Å². The summed E-state index contributed by atoms with van der Waals surface area (Å²) < 4.78 is 36.3. The van der Waals surface area contributed by atoms with Crippen LogP contribution in [-0.2, 0) is 0 Å². The van der Waals surface area contributed by atoms with E-state index < -0.39 is 18.8 Å². The molecule has 0 fully saturated rings. The highest BCUT2D eigenvalue weighted by molar-refractivity contribution is 5.82. The van der Waals surface area contributed by atoms with Crippen molar-refractivity contribution in [1.29, 1.82) is 5.41 Å². The number of nitrogens with two attached hydrogens (primary N) is 1. The second kappa shape index (κ2) is 5.19. The second-order valence-corrected chi connectivity index (χ2v) is 3.06. The predicted molar refractivity (Wildman–Crippen MR) is 49.3 cm³/mol. The third kappa shape index (κ3) is 4.45. The third-order valence-corrected chi connectivity index (χ3v) is 1.98. The summed E-state index contributed by atoms with van der Waals surface area (Å²) in [5, 5.41) is 7.16. The Kier molecular flexibility index (Phi) is 4.90. The van der Waals surface area contributed by atoms with Crippen molar-refractivity contribution in [3.8, 4) is 0 Å². The molecule has 0 aliphatic carbocycles. The van der Waals surface area contributed by atoms with Crippen LogP contribution in [0.5, 0.6) is 0 Å². The summed E-state index contributed by atoms with van der Waals surface area (Å²) in [6, 6.07) is -0.610. The third-order valence-electron chi connectivity index (χ3n) is 1.98. The smallest absolute Gasteiger partial charge is 0.386 e. The Bertz CT molecular complexity index is 191. The maximum Gasteiger partial charge on any atom is 0.401 e. The number of nitrogens with zero attached hydrogens (tertiary/aromatic N) is 1. The number of amidine groups is 1. The van der Waals surface area contributed by atoms with Gasteiger partial charge in [0.25, 0.3) is 0 Å². The summed E-state index contributed by atoms with van der Waals surface area (Å²) in [6.45, 7) is 2.56. The van der Waals surface area contributed by atoms with Crippen molar-refractivity contribution in [2.45, 2.75) is 32.5 Å². The van der Waals surface area contributed by atoms with E-state index >= 15 is 0 Å². The van der Waals surface area contributed by atoms with E-state index in [1.165, 1.54) is 0 Å². The summed E-state index contributed by atoms with van der Waals surface area (Å²) >= 11 is 0. The van der Waals surface area contributed by atoms with Crippen molar-refractivity contribution in [2.24, 2.45) is 5.73 Å². The summed E-state index contributed by atoms with van der Waals surface area (Å²) in [6.07, 6.45) is -3.82. The second-order valence-electron chi connectivity index (χ2n) is 3.06. The van der Waals surface area contributed by atoms with E-state index in [2.05, 4.69) is 0 Å². The maximum atomic E-state index is 12.1. The van der Waals surface area contributed by atoms with Gasteiger partial charge in [-0.2, -0.15) is 13.2 Å². The molecule has 14 heavy (non-hydrogen) atoms. The molecule has 6 heteroatoms. The molecule has 0 bridgehead atoms. The number of likely N-dealkylation sites (N-methyl/N-ethyl adjacent to an activating group) is 1. The van der Waals surface area contributed by atoms with Gasteiger partial charge in [0.05, 0.1) is 12.6 Å². The van der Waals surface area contributed by atoms with Crippen molar-refractivity contribution in [3.63, 3.8) is 0 Å². The van der Waals surface area contributed by atoms with E-state index in [4.69, 9.17) is 11.1 Å². The van der Waals surface area contributed by atoms with Crippen molar-refractivity contribution in [3.05, 3.63) is 0 Å². The van der Waals surface area contributed by atoms with Crippen molar-refractivity contribution in [1.82, 2.24) is 4.90 Å². The van der Waals surface area contributed by atoms with E-state index in [0.29, 0.717) is 6.42 Å². The van der Waals surface area contributed by atoms with Gasteiger partial charge >= 0.3 is 6.18 Å². The molecule has 0 heterocycles. The molecule has 1 unspecified atom stereocenters. The molecular weight excluding hydrogens is 195 g/mol. The van der Waals surface area contributed by atoms with Gasteiger partial charge < -0.3 is 5.73 Å². The molecule has 0 saturated carbocycles. The lowest BCUT2D eigenvalue weighted by Gasteiger charge is -2.29. The summed E-state index contributed by atoms with van der Waals surface area (Å²) in [7, 11) is 0. The van der Waals surface area contributed by atoms with Gasteiger partial charge in [-0.15, -0.1) is 0 Å². The Morgan fingerprint density at radius 2 is 1.93 bits per heavy atom. The molecule has 0 saturated heterocycles. The first-order chi connectivity index (χ1) is 6.31. The van der Waals surface area contributed by atoms with Crippen molar-refractivity contribution >= 4 is 5.84 Å². The van der Waals surface area contributed by atoms with Crippen LogP contribution in [0.25, 0.3) is 0 Å². The summed E-state index contributed by atoms with van der Waals surface area (Å²) in [4.78, 5) is 1.16. The molecule has 0 aliphatic rings. The first-order valence-corrected chi connectivity index (χ1v) is 4.46. The molecule has 1 atom stereocenters. The number of nitrogens with one attached hydrogen (secondary N) is 1. The van der Waals surface area contributed by atoms with E-state index in [0.717, 1.165) is 4.90 Å². The van der Waals surface area contributed by atoms with Gasteiger partial charge in [-0.05, 0) is 13.0 Å². The van der Waals surface area contributed by atoms with Crippen LogP contribution in [0.15, 0.2) is 0 Å². The molecule has 0 spiro atoms. The zero-order valence-corrected chi connectivity index (χ0v) is 8.36. The fraction of sp³-hybridized carbons (Fsp3) is 0.875. The Morgan fingerprint density at radius 3 is 2.14 bits per heavy atom. The zero-order chi connectivity index (χ0) is 11.4. The zero-order valence-electron chi connectivity index (χ0n) is 8.36. The number of halogens is 3. The van der Waals surface area contributed by atoms with E-state index in [1.807, 2.05) is 0 Å². The molecule has 0 amide bonds. The Balaban J connectivity index is 4.45. The van der Waals surface area contributed by atoms with Crippen LogP contribution >= 0.6 is 0 Å². The van der Waals surface area contributed by atoms with Gasteiger partial charge in [-0.1, -0.05) is 13.8 Å². The average molecular weight is 211 g/mol. The highest BCUT2D eigenvalue weighted by Gasteiger charge is 2.33. The lowest BCUT2D eigenvalue weighted by atomic mass is 10.1. The quantitative estimate of drug-likeness (QED) is 0.536. The first kappa shape index (κ1) is 13.2. The summed E-state index contributed by atoms with van der Waals surface area (Å²) in [5.74, 6) is -0.210. The van der Waals surface area contributed by atoms with Gasteiger partial charge in [-0.3, -0.25) is 10.3 Å². The van der Waals surface area contributed by atoms with Crippen molar-refractivity contribution < 1.29 is 13.2 Å². The molecule has 84 valence electrons. The van der Waals surface area contributed by atoms with E-state index in [-0.39, 0.29) is 12.4 Å². The molecule has 0 radical (unpaired) electrons. The number of hydrogen-bond donors (Lipinski definition) is 2. The topological polar surface area (TPSA) is 53.1 Å².